The molecule has 0 saturated heterocycles. The number of halogens is 3. The van der Waals surface area contributed by atoms with Crippen molar-refractivity contribution < 1.29 is 26.3 Å². The van der Waals surface area contributed by atoms with Gasteiger partial charge in [-0.2, -0.15) is 0 Å². The van der Waals surface area contributed by atoms with Crippen LogP contribution in [0.15, 0.2) is 47.8 Å². The second-order valence-electron chi connectivity index (χ2n) is 3.72. The van der Waals surface area contributed by atoms with Gasteiger partial charge in [0, 0.05) is 12.4 Å². The number of rotatable bonds is 4. The van der Waals surface area contributed by atoms with Gasteiger partial charge in [0.2, 0.25) is 0 Å². The normalized spacial score (nSPS) is 12.0. The second-order valence-corrected chi connectivity index (χ2v) is 5.40. The standard InChI is InChI=1S/C11H8F3N3O3S/c12-11(13,14)20-8-1-3-9(4-2-8)21(18,19)17-10-7-15-5-6-16-10/h1-7H,(H,16,17). The highest BCUT2D eigenvalue weighted by molar-refractivity contribution is 7.92. The van der Waals surface area contributed by atoms with Gasteiger partial charge in [-0.1, -0.05) is 0 Å². The molecule has 0 atom stereocenters. The summed E-state index contributed by atoms with van der Waals surface area (Å²) in [5.41, 5.74) is 0. The van der Waals surface area contributed by atoms with Gasteiger partial charge in [0.25, 0.3) is 10.0 Å². The molecule has 0 aliphatic carbocycles. The van der Waals surface area contributed by atoms with Crippen molar-refractivity contribution in [2.24, 2.45) is 0 Å². The first-order valence-corrected chi connectivity index (χ1v) is 6.89. The molecule has 0 aliphatic heterocycles. The third-order valence-corrected chi connectivity index (χ3v) is 3.54. The third-order valence-electron chi connectivity index (χ3n) is 2.17. The zero-order valence-electron chi connectivity index (χ0n) is 10.2. The summed E-state index contributed by atoms with van der Waals surface area (Å²) in [5.74, 6) is -0.519. The van der Waals surface area contributed by atoms with Gasteiger partial charge in [-0.05, 0) is 24.3 Å². The van der Waals surface area contributed by atoms with Gasteiger partial charge in [0.1, 0.15) is 5.75 Å². The Labute approximate surface area is 117 Å². The van der Waals surface area contributed by atoms with Crippen LogP contribution >= 0.6 is 0 Å². The highest BCUT2D eigenvalue weighted by Crippen LogP contribution is 2.24. The van der Waals surface area contributed by atoms with Crippen LogP contribution in [0, 0.1) is 0 Å². The summed E-state index contributed by atoms with van der Waals surface area (Å²) in [6.45, 7) is 0. The van der Waals surface area contributed by atoms with E-state index in [4.69, 9.17) is 0 Å². The Kier molecular flexibility index (Phi) is 3.98. The summed E-state index contributed by atoms with van der Waals surface area (Å²) in [6, 6.07) is 3.77. The summed E-state index contributed by atoms with van der Waals surface area (Å²) < 4.78 is 65.7. The lowest BCUT2D eigenvalue weighted by atomic mass is 10.3. The Balaban J connectivity index is 2.18. The lowest BCUT2D eigenvalue weighted by Crippen LogP contribution is -2.17. The van der Waals surface area contributed by atoms with E-state index in [2.05, 4.69) is 19.4 Å². The first kappa shape index (κ1) is 15.0. The molecule has 2 rings (SSSR count). The van der Waals surface area contributed by atoms with E-state index in [-0.39, 0.29) is 10.7 Å². The van der Waals surface area contributed by atoms with E-state index in [9.17, 15) is 21.6 Å². The number of hydrogen-bond acceptors (Lipinski definition) is 5. The fraction of sp³-hybridized carbons (Fsp3) is 0.0909. The molecule has 0 saturated carbocycles. The van der Waals surface area contributed by atoms with Crippen LogP contribution in [0.25, 0.3) is 0 Å². The summed E-state index contributed by atoms with van der Waals surface area (Å²) in [5, 5.41) is 0. The van der Waals surface area contributed by atoms with Gasteiger partial charge in [-0.15, -0.1) is 13.2 Å². The SMILES string of the molecule is O=S(=O)(Nc1cnccn1)c1ccc(OC(F)(F)F)cc1. The molecule has 1 aromatic heterocycles. The number of alkyl halides is 3. The topological polar surface area (TPSA) is 81.2 Å². The van der Waals surface area contributed by atoms with Crippen LogP contribution in [0.4, 0.5) is 19.0 Å². The molecule has 0 fully saturated rings. The van der Waals surface area contributed by atoms with E-state index in [1.807, 2.05) is 0 Å². The maximum atomic E-state index is 12.0. The maximum Gasteiger partial charge on any atom is 0.573 e. The molecule has 10 heteroatoms. The van der Waals surface area contributed by atoms with Crippen LogP contribution in [0.3, 0.4) is 0 Å². The molecule has 0 amide bonds. The van der Waals surface area contributed by atoms with E-state index < -0.39 is 22.1 Å². The van der Waals surface area contributed by atoms with Crippen LogP contribution in [0.1, 0.15) is 0 Å². The highest BCUT2D eigenvalue weighted by atomic mass is 32.2. The molecule has 1 heterocycles. The summed E-state index contributed by atoms with van der Waals surface area (Å²) >= 11 is 0. The molecule has 1 aromatic carbocycles. The van der Waals surface area contributed by atoms with Gasteiger partial charge in [0.05, 0.1) is 11.1 Å². The summed E-state index contributed by atoms with van der Waals surface area (Å²) in [6.07, 6.45) is -0.990. The molecule has 0 aliphatic rings. The summed E-state index contributed by atoms with van der Waals surface area (Å²) in [7, 11) is -3.96. The van der Waals surface area contributed by atoms with Crippen molar-refractivity contribution >= 4 is 15.8 Å². The molecule has 0 spiro atoms. The Morgan fingerprint density at radius 2 is 1.76 bits per heavy atom. The summed E-state index contributed by atoms with van der Waals surface area (Å²) in [4.78, 5) is 7.18. The fourth-order valence-corrected chi connectivity index (χ4v) is 2.36. The second kappa shape index (κ2) is 5.56. The molecule has 1 N–H and O–H groups in total. The minimum absolute atomic E-state index is 0.00637. The molecule has 21 heavy (non-hydrogen) atoms. The smallest absolute Gasteiger partial charge is 0.406 e. The van der Waals surface area contributed by atoms with Crippen molar-refractivity contribution in [3.63, 3.8) is 0 Å². The van der Waals surface area contributed by atoms with E-state index in [0.29, 0.717) is 0 Å². The molecule has 6 nitrogen and oxygen atoms in total. The van der Waals surface area contributed by atoms with Gasteiger partial charge < -0.3 is 4.74 Å². The lowest BCUT2D eigenvalue weighted by Gasteiger charge is -2.10. The zero-order valence-corrected chi connectivity index (χ0v) is 11.0. The van der Waals surface area contributed by atoms with Crippen molar-refractivity contribution in [2.75, 3.05) is 4.72 Å². The monoisotopic (exact) mass is 319 g/mol. The van der Waals surface area contributed by atoms with Crippen LogP contribution < -0.4 is 9.46 Å². The van der Waals surface area contributed by atoms with Crippen LogP contribution in [0.2, 0.25) is 0 Å². The molecule has 0 radical (unpaired) electrons. The number of hydrogen-bond donors (Lipinski definition) is 1. The molecule has 112 valence electrons. The first-order valence-electron chi connectivity index (χ1n) is 5.41. The quantitative estimate of drug-likeness (QED) is 0.934. The Hall–Kier alpha value is -2.36. The van der Waals surface area contributed by atoms with Crippen LogP contribution in [-0.2, 0) is 10.0 Å². The van der Waals surface area contributed by atoms with Crippen molar-refractivity contribution in [3.8, 4) is 5.75 Å². The lowest BCUT2D eigenvalue weighted by molar-refractivity contribution is -0.274. The van der Waals surface area contributed by atoms with E-state index in [1.165, 1.54) is 18.6 Å². The number of aromatic nitrogens is 2. The largest absolute Gasteiger partial charge is 0.573 e. The Bertz CT molecular complexity index is 703. The minimum atomic E-state index is -4.84. The van der Waals surface area contributed by atoms with Gasteiger partial charge in [-0.3, -0.25) is 9.71 Å². The number of nitrogens with one attached hydrogen (secondary N) is 1. The fourth-order valence-electron chi connectivity index (χ4n) is 1.37. The van der Waals surface area contributed by atoms with Gasteiger partial charge in [-0.25, -0.2) is 13.4 Å². The van der Waals surface area contributed by atoms with Crippen molar-refractivity contribution in [2.45, 2.75) is 11.3 Å². The van der Waals surface area contributed by atoms with E-state index in [1.54, 1.807) is 0 Å². The van der Waals surface area contributed by atoms with Crippen LogP contribution in [-0.4, -0.2) is 24.7 Å². The predicted octanol–water partition coefficient (Wildman–Crippen LogP) is 2.18. The first-order chi connectivity index (χ1) is 9.76. The van der Waals surface area contributed by atoms with Gasteiger partial charge in [0.15, 0.2) is 5.82 Å². The number of anilines is 1. The van der Waals surface area contributed by atoms with Crippen molar-refractivity contribution in [1.82, 2.24) is 9.97 Å². The number of sulfonamides is 1. The van der Waals surface area contributed by atoms with Crippen LogP contribution in [0.5, 0.6) is 5.75 Å². The van der Waals surface area contributed by atoms with E-state index >= 15 is 0 Å². The number of nitrogens with zero attached hydrogens (tertiary/aromatic N) is 2. The molecule has 2 aromatic rings. The molecular formula is C11H8F3N3O3S. The molecule has 0 unspecified atom stereocenters. The van der Waals surface area contributed by atoms with Crippen molar-refractivity contribution in [1.29, 1.82) is 0 Å². The maximum absolute atomic E-state index is 12.0. The third kappa shape index (κ3) is 4.31. The Morgan fingerprint density at radius 1 is 1.10 bits per heavy atom. The minimum Gasteiger partial charge on any atom is -0.406 e. The molecular weight excluding hydrogens is 311 g/mol. The average Bonchev–Trinajstić information content (AvgIpc) is 2.38. The number of benzene rings is 1. The zero-order chi connectivity index (χ0) is 15.5. The van der Waals surface area contributed by atoms with E-state index in [0.717, 1.165) is 24.3 Å². The predicted molar refractivity (Wildman–Crippen MR) is 66.0 cm³/mol. The molecule has 0 bridgehead atoms. The van der Waals surface area contributed by atoms with Crippen molar-refractivity contribution in [3.05, 3.63) is 42.9 Å². The highest BCUT2D eigenvalue weighted by Gasteiger charge is 2.31. The Morgan fingerprint density at radius 3 is 2.29 bits per heavy atom. The average molecular weight is 319 g/mol. The number of ether oxygens (including phenoxy) is 1. The van der Waals surface area contributed by atoms with Gasteiger partial charge >= 0.3 is 6.36 Å².